The van der Waals surface area contributed by atoms with E-state index in [0.29, 0.717) is 9.93 Å². The van der Waals surface area contributed by atoms with Crippen molar-refractivity contribution in [2.75, 3.05) is 10.2 Å². The lowest BCUT2D eigenvalue weighted by atomic mass is 10.2. The Bertz CT molecular complexity index is 774. The van der Waals surface area contributed by atoms with Crippen molar-refractivity contribution in [3.63, 3.8) is 0 Å². The molecule has 2 aliphatic heterocycles. The van der Waals surface area contributed by atoms with Gasteiger partial charge in [0.15, 0.2) is 5.50 Å². The van der Waals surface area contributed by atoms with Gasteiger partial charge in [0, 0.05) is 5.02 Å². The van der Waals surface area contributed by atoms with Gasteiger partial charge in [-0.2, -0.15) is 0 Å². The minimum Gasteiger partial charge on any atom is -0.354 e. The third kappa shape index (κ3) is 2.03. The van der Waals surface area contributed by atoms with Crippen molar-refractivity contribution in [1.82, 2.24) is 0 Å². The third-order valence-corrected chi connectivity index (χ3v) is 4.98. The number of carbonyl (C=O) groups excluding carboxylic acids is 1. The predicted octanol–water partition coefficient (Wildman–Crippen LogP) is 4.17. The number of nitrogens with zero attached hydrogens (tertiary/aromatic N) is 1. The van der Waals surface area contributed by atoms with Gasteiger partial charge in [0.2, 0.25) is 0 Å². The quantitative estimate of drug-likeness (QED) is 0.802. The van der Waals surface area contributed by atoms with Crippen LogP contribution in [-0.2, 0) is 4.79 Å². The normalized spacial score (nSPS) is 21.4. The van der Waals surface area contributed by atoms with Crippen LogP contribution in [0.1, 0.15) is 5.56 Å². The molecule has 2 heterocycles. The summed E-state index contributed by atoms with van der Waals surface area (Å²) in [6, 6.07) is 15.4. The van der Waals surface area contributed by atoms with Gasteiger partial charge in [-0.05, 0) is 29.8 Å². The molecule has 2 aromatic rings. The number of anilines is 2. The average molecular weight is 315 g/mol. The van der Waals surface area contributed by atoms with E-state index in [4.69, 9.17) is 11.6 Å². The van der Waals surface area contributed by atoms with Crippen molar-refractivity contribution in [3.05, 3.63) is 64.0 Å². The van der Waals surface area contributed by atoms with Crippen molar-refractivity contribution in [2.45, 2.75) is 5.50 Å². The molecule has 2 aliphatic rings. The monoisotopic (exact) mass is 314 g/mol. The maximum absolute atomic E-state index is 12.6. The lowest BCUT2D eigenvalue weighted by Gasteiger charge is -2.12. The molecule has 2 aromatic carbocycles. The van der Waals surface area contributed by atoms with Crippen molar-refractivity contribution in [3.8, 4) is 0 Å². The van der Waals surface area contributed by atoms with Crippen LogP contribution in [0.15, 0.2) is 53.4 Å². The second-order valence-electron chi connectivity index (χ2n) is 4.84. The summed E-state index contributed by atoms with van der Waals surface area (Å²) in [5, 5.41) is 4.00. The van der Waals surface area contributed by atoms with Gasteiger partial charge in [0.1, 0.15) is 0 Å². The van der Waals surface area contributed by atoms with Crippen molar-refractivity contribution in [2.24, 2.45) is 0 Å². The fourth-order valence-corrected chi connectivity index (χ4v) is 3.87. The highest BCUT2D eigenvalue weighted by molar-refractivity contribution is 8.05. The lowest BCUT2D eigenvalue weighted by molar-refractivity contribution is -0.114. The maximum atomic E-state index is 12.6. The number of halogens is 1. The number of thioether (sulfide) groups is 1. The summed E-state index contributed by atoms with van der Waals surface area (Å²) in [5.41, 5.74) is 2.73. The average Bonchev–Trinajstić information content (AvgIpc) is 2.99. The number of hydrogen-bond acceptors (Lipinski definition) is 3. The van der Waals surface area contributed by atoms with E-state index >= 15 is 0 Å². The minimum absolute atomic E-state index is 0.0161. The summed E-state index contributed by atoms with van der Waals surface area (Å²) < 4.78 is 0. The largest absolute Gasteiger partial charge is 0.354 e. The first-order valence-electron chi connectivity index (χ1n) is 6.56. The SMILES string of the molecule is O=C1/C(=C/c2ccccc2Cl)S[C@@H]2Nc3ccccc3N12. The fourth-order valence-electron chi connectivity index (χ4n) is 2.55. The van der Waals surface area contributed by atoms with E-state index in [1.54, 1.807) is 4.90 Å². The molecule has 1 amide bonds. The van der Waals surface area contributed by atoms with E-state index in [2.05, 4.69) is 5.32 Å². The molecule has 4 rings (SSSR count). The molecule has 0 radical (unpaired) electrons. The first kappa shape index (κ1) is 12.8. The number of fused-ring (bicyclic) bond motifs is 3. The Hall–Kier alpha value is -1.91. The third-order valence-electron chi connectivity index (χ3n) is 3.54. The van der Waals surface area contributed by atoms with Gasteiger partial charge in [-0.25, -0.2) is 0 Å². The van der Waals surface area contributed by atoms with Gasteiger partial charge >= 0.3 is 0 Å². The number of nitrogens with one attached hydrogen (secondary N) is 1. The summed E-state index contributed by atoms with van der Waals surface area (Å²) in [7, 11) is 0. The molecule has 1 saturated heterocycles. The molecule has 104 valence electrons. The Morgan fingerprint density at radius 3 is 2.76 bits per heavy atom. The summed E-state index contributed by atoms with van der Waals surface area (Å²) in [6.07, 6.45) is 1.86. The van der Waals surface area contributed by atoms with Gasteiger partial charge in [0.25, 0.3) is 5.91 Å². The molecule has 0 aliphatic carbocycles. The topological polar surface area (TPSA) is 32.3 Å². The fraction of sp³-hybridized carbons (Fsp3) is 0.0625. The summed E-state index contributed by atoms with van der Waals surface area (Å²) in [4.78, 5) is 15.1. The van der Waals surface area contributed by atoms with Crippen molar-refractivity contribution >= 4 is 46.7 Å². The first-order valence-corrected chi connectivity index (χ1v) is 7.82. The number of para-hydroxylation sites is 2. The molecule has 21 heavy (non-hydrogen) atoms. The van der Waals surface area contributed by atoms with Crippen LogP contribution in [0, 0.1) is 0 Å². The van der Waals surface area contributed by atoms with E-state index < -0.39 is 0 Å². The summed E-state index contributed by atoms with van der Waals surface area (Å²) in [6.45, 7) is 0. The Morgan fingerprint density at radius 2 is 1.90 bits per heavy atom. The predicted molar refractivity (Wildman–Crippen MR) is 88.4 cm³/mol. The Morgan fingerprint density at radius 1 is 1.14 bits per heavy atom. The molecule has 3 nitrogen and oxygen atoms in total. The van der Waals surface area contributed by atoms with Crippen molar-refractivity contribution < 1.29 is 4.79 Å². The molecule has 1 atom stereocenters. The zero-order valence-corrected chi connectivity index (χ0v) is 12.5. The molecule has 0 aromatic heterocycles. The van der Waals surface area contributed by atoms with Gasteiger partial charge in [-0.15, -0.1) is 0 Å². The zero-order chi connectivity index (χ0) is 14.4. The smallest absolute Gasteiger partial charge is 0.267 e. The zero-order valence-electron chi connectivity index (χ0n) is 10.9. The van der Waals surface area contributed by atoms with Crippen LogP contribution in [0.3, 0.4) is 0 Å². The van der Waals surface area contributed by atoms with Crippen LogP contribution < -0.4 is 10.2 Å². The van der Waals surface area contributed by atoms with Crippen LogP contribution in [0.5, 0.6) is 0 Å². The molecular formula is C16H11ClN2OS. The van der Waals surface area contributed by atoms with Crippen LogP contribution in [0.25, 0.3) is 6.08 Å². The van der Waals surface area contributed by atoms with Gasteiger partial charge in [-0.1, -0.05) is 53.7 Å². The Labute approximate surface area is 131 Å². The van der Waals surface area contributed by atoms with Crippen LogP contribution in [-0.4, -0.2) is 11.4 Å². The second-order valence-corrected chi connectivity index (χ2v) is 6.37. The molecule has 0 spiro atoms. The lowest BCUT2D eigenvalue weighted by Crippen LogP contribution is -2.31. The van der Waals surface area contributed by atoms with E-state index in [1.807, 2.05) is 54.6 Å². The Kier molecular flexibility index (Phi) is 2.94. The number of rotatable bonds is 1. The molecule has 1 N–H and O–H groups in total. The van der Waals surface area contributed by atoms with E-state index in [1.165, 1.54) is 11.8 Å². The van der Waals surface area contributed by atoms with Gasteiger partial charge < -0.3 is 5.32 Å². The maximum Gasteiger partial charge on any atom is 0.267 e. The van der Waals surface area contributed by atoms with E-state index in [0.717, 1.165) is 16.9 Å². The van der Waals surface area contributed by atoms with E-state index in [9.17, 15) is 4.79 Å². The number of carbonyl (C=O) groups is 1. The van der Waals surface area contributed by atoms with Gasteiger partial charge in [-0.3, -0.25) is 9.69 Å². The number of hydrogen-bond donors (Lipinski definition) is 1. The highest BCUT2D eigenvalue weighted by atomic mass is 35.5. The molecule has 0 unspecified atom stereocenters. The van der Waals surface area contributed by atoms with Crippen LogP contribution in [0.2, 0.25) is 5.02 Å². The summed E-state index contributed by atoms with van der Waals surface area (Å²) >= 11 is 7.67. The minimum atomic E-state index is -0.0661. The van der Waals surface area contributed by atoms with E-state index in [-0.39, 0.29) is 11.4 Å². The number of benzene rings is 2. The summed E-state index contributed by atoms with van der Waals surface area (Å²) in [5.74, 6) is 0.0161. The molecule has 0 saturated carbocycles. The molecule has 1 fully saturated rings. The second kappa shape index (κ2) is 4.83. The van der Waals surface area contributed by atoms with Crippen LogP contribution >= 0.6 is 23.4 Å². The highest BCUT2D eigenvalue weighted by Crippen LogP contribution is 2.47. The van der Waals surface area contributed by atoms with Gasteiger partial charge in [0.05, 0.1) is 16.3 Å². The molecular weight excluding hydrogens is 304 g/mol. The number of amides is 1. The molecule has 0 bridgehead atoms. The standard InChI is InChI=1S/C16H11ClN2OS/c17-11-6-2-1-5-10(11)9-14-15(20)19-13-8-4-3-7-12(13)18-16(19)21-14/h1-9,16,18H/b14-9-/t16-/m1/s1. The van der Waals surface area contributed by atoms with Crippen molar-refractivity contribution in [1.29, 1.82) is 0 Å². The first-order chi connectivity index (χ1) is 10.2. The highest BCUT2D eigenvalue weighted by Gasteiger charge is 2.42. The Balaban J connectivity index is 1.71. The molecule has 5 heteroatoms. The van der Waals surface area contributed by atoms with Crippen LogP contribution in [0.4, 0.5) is 11.4 Å².